The number of fused-ring (bicyclic) bond motifs is 1. The number of rotatable bonds is 8. The van der Waals surface area contributed by atoms with Gasteiger partial charge in [-0.3, -0.25) is 29.3 Å². The van der Waals surface area contributed by atoms with E-state index in [2.05, 4.69) is 27.3 Å². The largest absolute Gasteiger partial charge is 0.392 e. The molecule has 10 heteroatoms. The number of halogens is 1. The summed E-state index contributed by atoms with van der Waals surface area (Å²) in [5.41, 5.74) is 6.40. The monoisotopic (exact) mass is 621 g/mol. The zero-order valence-electron chi connectivity index (χ0n) is 25.0. The van der Waals surface area contributed by atoms with Crippen LogP contribution in [0.1, 0.15) is 49.5 Å². The van der Waals surface area contributed by atoms with E-state index in [-0.39, 0.29) is 17.2 Å². The molecule has 5 aromatic rings. The predicted molar refractivity (Wildman–Crippen MR) is 175 cm³/mol. The van der Waals surface area contributed by atoms with E-state index < -0.39 is 11.5 Å². The van der Waals surface area contributed by atoms with Gasteiger partial charge in [0.05, 0.1) is 28.0 Å². The van der Waals surface area contributed by atoms with Gasteiger partial charge in [0, 0.05) is 68.2 Å². The first-order valence-electron chi connectivity index (χ1n) is 14.7. The standard InChI is InChI=1S/C35H32ClN5O4/c1-21-24(15-31-33-25(9-11-37-31)13-22(16-38-33)18-41-12-10-26(43)19-41)5-3-6-27(21)28-7-4-8-30(32(28)36)39-34(44)29-14-23(20-42)17-40(2)35(29)45/h3-9,11,13-14,16-17,20,26,43H,10,12,15,18-19H2,1-2H3,(H,39,44)/t26-/m1/s1. The summed E-state index contributed by atoms with van der Waals surface area (Å²) in [6.07, 6.45) is 6.77. The number of nitrogens with zero attached hydrogens (tertiary/aromatic N) is 4. The van der Waals surface area contributed by atoms with Gasteiger partial charge in [0.2, 0.25) is 0 Å². The number of aliphatic hydroxyl groups is 1. The van der Waals surface area contributed by atoms with Crippen molar-refractivity contribution in [2.24, 2.45) is 7.05 Å². The number of β-amino-alcohol motifs (C(OH)–C–C–N with tert-alkyl or cyclic N) is 1. The Morgan fingerprint density at radius 2 is 1.93 bits per heavy atom. The zero-order valence-corrected chi connectivity index (χ0v) is 25.7. The Morgan fingerprint density at radius 3 is 2.71 bits per heavy atom. The molecule has 1 amide bonds. The first kappa shape index (κ1) is 30.3. The van der Waals surface area contributed by atoms with Gasteiger partial charge >= 0.3 is 0 Å². The highest BCUT2D eigenvalue weighted by Gasteiger charge is 2.21. The molecule has 2 aromatic carbocycles. The van der Waals surface area contributed by atoms with Crippen molar-refractivity contribution in [1.82, 2.24) is 19.4 Å². The molecule has 1 saturated heterocycles. The van der Waals surface area contributed by atoms with Crippen LogP contribution in [0, 0.1) is 6.92 Å². The third-order valence-corrected chi connectivity index (χ3v) is 8.72. The molecule has 45 heavy (non-hydrogen) atoms. The lowest BCUT2D eigenvalue weighted by molar-refractivity contribution is 0.102. The van der Waals surface area contributed by atoms with E-state index in [0.717, 1.165) is 63.9 Å². The average molecular weight is 622 g/mol. The fourth-order valence-corrected chi connectivity index (χ4v) is 6.21. The third-order valence-electron chi connectivity index (χ3n) is 8.31. The van der Waals surface area contributed by atoms with Crippen LogP contribution in [0.5, 0.6) is 0 Å². The topological polar surface area (TPSA) is 117 Å². The number of aliphatic hydroxyl groups excluding tert-OH is 1. The molecule has 1 aliphatic heterocycles. The molecule has 228 valence electrons. The van der Waals surface area contributed by atoms with Crippen LogP contribution in [-0.2, 0) is 20.0 Å². The van der Waals surface area contributed by atoms with Gasteiger partial charge in [0.25, 0.3) is 11.5 Å². The smallest absolute Gasteiger partial charge is 0.263 e. The highest BCUT2D eigenvalue weighted by Crippen LogP contribution is 2.37. The number of pyridine rings is 3. The molecule has 0 spiro atoms. The fourth-order valence-electron chi connectivity index (χ4n) is 5.93. The number of aromatic nitrogens is 3. The summed E-state index contributed by atoms with van der Waals surface area (Å²) in [6, 6.07) is 16.7. The average Bonchev–Trinajstić information content (AvgIpc) is 3.44. The van der Waals surface area contributed by atoms with Gasteiger partial charge in [0.15, 0.2) is 6.29 Å². The minimum atomic E-state index is -0.653. The fraction of sp³-hybridized carbons (Fsp3) is 0.229. The number of hydrogen-bond donors (Lipinski definition) is 2. The van der Waals surface area contributed by atoms with E-state index in [0.29, 0.717) is 30.0 Å². The molecular formula is C35H32ClN5O4. The molecule has 1 atom stereocenters. The summed E-state index contributed by atoms with van der Waals surface area (Å²) in [7, 11) is 1.48. The minimum Gasteiger partial charge on any atom is -0.392 e. The van der Waals surface area contributed by atoms with E-state index in [1.807, 2.05) is 43.6 Å². The lowest BCUT2D eigenvalue weighted by Crippen LogP contribution is -2.28. The number of aryl methyl sites for hydroxylation is 1. The van der Waals surface area contributed by atoms with E-state index in [1.54, 1.807) is 12.1 Å². The number of carbonyl (C=O) groups excluding carboxylic acids is 2. The van der Waals surface area contributed by atoms with Crippen LogP contribution in [0.15, 0.2) is 78.0 Å². The van der Waals surface area contributed by atoms with Gasteiger partial charge in [-0.25, -0.2) is 0 Å². The van der Waals surface area contributed by atoms with Crippen LogP contribution in [0.4, 0.5) is 5.69 Å². The molecule has 0 saturated carbocycles. The molecule has 1 fully saturated rings. The molecule has 0 aliphatic carbocycles. The second-order valence-electron chi connectivity index (χ2n) is 11.5. The number of carbonyl (C=O) groups is 2. The van der Waals surface area contributed by atoms with Crippen molar-refractivity contribution in [2.75, 3.05) is 18.4 Å². The van der Waals surface area contributed by atoms with Gasteiger partial charge in [-0.05, 0) is 59.9 Å². The molecule has 0 radical (unpaired) electrons. The summed E-state index contributed by atoms with van der Waals surface area (Å²) in [6.45, 7) is 4.34. The number of hydrogen-bond acceptors (Lipinski definition) is 7. The van der Waals surface area contributed by atoms with Crippen molar-refractivity contribution in [2.45, 2.75) is 32.4 Å². The molecule has 3 aromatic heterocycles. The summed E-state index contributed by atoms with van der Waals surface area (Å²) < 4.78 is 1.20. The van der Waals surface area contributed by atoms with Crippen molar-refractivity contribution < 1.29 is 14.7 Å². The van der Waals surface area contributed by atoms with Crippen LogP contribution >= 0.6 is 11.6 Å². The summed E-state index contributed by atoms with van der Waals surface area (Å²) in [5, 5.41) is 14.0. The number of aldehydes is 1. The van der Waals surface area contributed by atoms with Crippen molar-refractivity contribution in [3.05, 3.63) is 122 Å². The number of nitrogens with one attached hydrogen (secondary N) is 1. The Bertz CT molecular complexity index is 2010. The molecule has 6 rings (SSSR count). The number of benzene rings is 2. The highest BCUT2D eigenvalue weighted by atomic mass is 35.5. The molecular weight excluding hydrogens is 590 g/mol. The Morgan fingerprint density at radius 1 is 1.13 bits per heavy atom. The first-order valence-corrected chi connectivity index (χ1v) is 15.1. The molecule has 1 aliphatic rings. The quantitative estimate of drug-likeness (QED) is 0.229. The summed E-state index contributed by atoms with van der Waals surface area (Å²) in [5.74, 6) is -0.653. The van der Waals surface area contributed by atoms with Crippen molar-refractivity contribution >= 4 is 40.4 Å². The first-order chi connectivity index (χ1) is 21.7. The van der Waals surface area contributed by atoms with Crippen LogP contribution < -0.4 is 10.9 Å². The summed E-state index contributed by atoms with van der Waals surface area (Å²) in [4.78, 5) is 48.7. The zero-order chi connectivity index (χ0) is 31.7. The third kappa shape index (κ3) is 6.28. The van der Waals surface area contributed by atoms with Gasteiger partial charge in [-0.1, -0.05) is 41.9 Å². The summed E-state index contributed by atoms with van der Waals surface area (Å²) >= 11 is 6.86. The van der Waals surface area contributed by atoms with Gasteiger partial charge in [-0.15, -0.1) is 0 Å². The van der Waals surface area contributed by atoms with E-state index in [4.69, 9.17) is 16.6 Å². The van der Waals surface area contributed by atoms with Gasteiger partial charge in [0.1, 0.15) is 5.56 Å². The SMILES string of the molecule is Cc1c(Cc2nccc3cc(CN4CC[C@@H](O)C4)cnc23)cccc1-c1cccc(NC(=O)c2cc(C=O)cn(C)c2=O)c1Cl. The van der Waals surface area contributed by atoms with Crippen LogP contribution in [0.2, 0.25) is 5.02 Å². The minimum absolute atomic E-state index is 0.153. The number of amides is 1. The van der Waals surface area contributed by atoms with Gasteiger partial charge in [-0.2, -0.15) is 0 Å². The van der Waals surface area contributed by atoms with Crippen molar-refractivity contribution in [3.8, 4) is 11.1 Å². The molecule has 9 nitrogen and oxygen atoms in total. The normalized spacial score (nSPS) is 15.0. The van der Waals surface area contributed by atoms with E-state index >= 15 is 0 Å². The molecule has 0 bridgehead atoms. The van der Waals surface area contributed by atoms with Crippen molar-refractivity contribution in [3.63, 3.8) is 0 Å². The lowest BCUT2D eigenvalue weighted by atomic mass is 9.93. The molecule has 0 unspecified atom stereocenters. The number of likely N-dealkylation sites (tertiary alicyclic amines) is 1. The molecule has 2 N–H and O–H groups in total. The Balaban J connectivity index is 1.27. The van der Waals surface area contributed by atoms with Gasteiger partial charge < -0.3 is 15.0 Å². The predicted octanol–water partition coefficient (Wildman–Crippen LogP) is 5.18. The maximum Gasteiger partial charge on any atom is 0.263 e. The maximum absolute atomic E-state index is 13.1. The van der Waals surface area contributed by atoms with Crippen LogP contribution in [0.3, 0.4) is 0 Å². The lowest BCUT2D eigenvalue weighted by Gasteiger charge is -2.16. The van der Waals surface area contributed by atoms with Crippen LogP contribution in [0.25, 0.3) is 22.0 Å². The van der Waals surface area contributed by atoms with Crippen LogP contribution in [-0.4, -0.2) is 55.9 Å². The Kier molecular flexibility index (Phi) is 8.58. The maximum atomic E-state index is 13.1. The molecule has 4 heterocycles. The van der Waals surface area contributed by atoms with E-state index in [1.165, 1.54) is 23.9 Å². The van der Waals surface area contributed by atoms with Crippen molar-refractivity contribution in [1.29, 1.82) is 0 Å². The second kappa shape index (κ2) is 12.7. The van der Waals surface area contributed by atoms with E-state index in [9.17, 15) is 19.5 Å². The number of anilines is 1. The Labute approximate surface area is 265 Å². The second-order valence-corrected chi connectivity index (χ2v) is 11.8. The highest BCUT2D eigenvalue weighted by molar-refractivity contribution is 6.36. The Hall–Kier alpha value is -4.70.